The van der Waals surface area contributed by atoms with Crippen molar-refractivity contribution >= 4 is 40.7 Å². The molecule has 11 nitrogen and oxygen atoms in total. The molecule has 1 aromatic carbocycles. The van der Waals surface area contributed by atoms with Gasteiger partial charge in [0.05, 0.1) is 28.8 Å². The highest BCUT2D eigenvalue weighted by Crippen LogP contribution is 2.42. The maximum atomic E-state index is 13.9. The first-order chi connectivity index (χ1) is 21.1. The van der Waals surface area contributed by atoms with E-state index in [9.17, 15) is 24.3 Å². The maximum absolute atomic E-state index is 13.9. The van der Waals surface area contributed by atoms with Crippen LogP contribution in [0, 0.1) is 11.3 Å². The van der Waals surface area contributed by atoms with Crippen molar-refractivity contribution in [3.8, 4) is 0 Å². The minimum atomic E-state index is -1.01. The molecule has 3 heterocycles. The smallest absolute Gasteiger partial charge is 0.316 e. The number of fused-ring (bicyclic) bond motifs is 4. The van der Waals surface area contributed by atoms with E-state index in [1.165, 1.54) is 5.01 Å². The van der Waals surface area contributed by atoms with E-state index >= 15 is 0 Å². The molecule has 6 rings (SSSR count). The number of nitrogens with zero attached hydrogens (tertiary/aromatic N) is 2. The van der Waals surface area contributed by atoms with Gasteiger partial charge in [0.2, 0.25) is 5.91 Å². The third kappa shape index (κ3) is 6.34. The van der Waals surface area contributed by atoms with Crippen molar-refractivity contribution in [3.63, 3.8) is 0 Å². The lowest BCUT2D eigenvalue weighted by atomic mass is 9.72. The largest absolute Gasteiger partial charge is 0.451 e. The van der Waals surface area contributed by atoms with Gasteiger partial charge in [-0.15, -0.1) is 0 Å². The topological polar surface area (TPSA) is 150 Å². The fourth-order valence-corrected chi connectivity index (χ4v) is 6.42. The monoisotopic (exact) mass is 603 g/mol. The fourth-order valence-electron chi connectivity index (χ4n) is 6.42. The fraction of sp³-hybridized carbons (Fsp3) is 0.545. The van der Waals surface area contributed by atoms with Crippen molar-refractivity contribution in [2.75, 3.05) is 6.54 Å². The molecule has 44 heavy (non-hydrogen) atoms. The summed E-state index contributed by atoms with van der Waals surface area (Å²) < 4.78 is 5.99. The molecule has 3 fully saturated rings. The molecular formula is C33H41N5O6. The van der Waals surface area contributed by atoms with Gasteiger partial charge in [-0.05, 0) is 82.9 Å². The first-order valence-electron chi connectivity index (χ1n) is 15.8. The number of nitrogens with one attached hydrogen (secondary N) is 3. The van der Waals surface area contributed by atoms with Gasteiger partial charge in [0, 0.05) is 17.8 Å². The molecule has 2 aliphatic heterocycles. The Hall–Kier alpha value is -3.83. The highest BCUT2D eigenvalue weighted by Gasteiger charge is 2.46. The van der Waals surface area contributed by atoms with Gasteiger partial charge < -0.3 is 20.5 Å². The average molecular weight is 604 g/mol. The predicted molar refractivity (Wildman–Crippen MR) is 162 cm³/mol. The number of esters is 1. The predicted octanol–water partition coefficient (Wildman–Crippen LogP) is 2.68. The quantitative estimate of drug-likeness (QED) is 0.364. The zero-order valence-electron chi connectivity index (χ0n) is 25.3. The molecule has 2 aromatic rings. The summed E-state index contributed by atoms with van der Waals surface area (Å²) in [6.07, 6.45) is 6.60. The zero-order chi connectivity index (χ0) is 31.0. The van der Waals surface area contributed by atoms with Gasteiger partial charge in [-0.1, -0.05) is 30.4 Å². The molecule has 1 unspecified atom stereocenters. The van der Waals surface area contributed by atoms with E-state index in [4.69, 9.17) is 9.72 Å². The number of carbonyl (C=O) groups is 4. The summed E-state index contributed by atoms with van der Waals surface area (Å²) in [4.78, 5) is 58.8. The Morgan fingerprint density at radius 1 is 0.932 bits per heavy atom. The van der Waals surface area contributed by atoms with E-state index in [2.05, 4.69) is 16.1 Å². The number of pyridine rings is 1. The highest BCUT2D eigenvalue weighted by molar-refractivity contribution is 5.92. The lowest BCUT2D eigenvalue weighted by Gasteiger charge is -2.36. The van der Waals surface area contributed by atoms with Crippen LogP contribution in [0.25, 0.3) is 17.0 Å². The van der Waals surface area contributed by atoms with E-state index in [0.717, 1.165) is 29.3 Å². The van der Waals surface area contributed by atoms with Crippen LogP contribution < -0.4 is 16.1 Å². The summed E-state index contributed by atoms with van der Waals surface area (Å²) in [5.74, 6) is -1.71. The number of hydrogen-bond donors (Lipinski definition) is 4. The van der Waals surface area contributed by atoms with Gasteiger partial charge in [0.25, 0.3) is 11.8 Å². The van der Waals surface area contributed by atoms with Crippen LogP contribution in [0.2, 0.25) is 0 Å². The Labute approximate surface area is 256 Å². The summed E-state index contributed by atoms with van der Waals surface area (Å²) in [7, 11) is 0. The zero-order valence-corrected chi connectivity index (χ0v) is 25.3. The van der Waals surface area contributed by atoms with Crippen molar-refractivity contribution in [1.29, 1.82) is 0 Å². The SMILES string of the molecule is C[C@@H]1NC(=O)C(C2CC2)OC(=O)C2(/C=C/c3ccc4ccc(nc4c3)[C@@H](C)NC(=O)[C@@H]3CCCN(N3)C1=O)CCC(O)CC2. The molecule has 11 heteroatoms. The molecule has 4 atom stereocenters. The van der Waals surface area contributed by atoms with E-state index in [0.29, 0.717) is 50.8 Å². The third-order valence-electron chi connectivity index (χ3n) is 9.43. The molecule has 3 amide bonds. The van der Waals surface area contributed by atoms with Gasteiger partial charge in [0.15, 0.2) is 6.10 Å². The molecule has 234 valence electrons. The Bertz CT molecular complexity index is 1480. The van der Waals surface area contributed by atoms with Gasteiger partial charge in [0.1, 0.15) is 12.1 Å². The van der Waals surface area contributed by atoms with Crippen LogP contribution in [0.4, 0.5) is 0 Å². The number of rotatable bonds is 1. The van der Waals surface area contributed by atoms with Gasteiger partial charge in [-0.2, -0.15) is 0 Å². The summed E-state index contributed by atoms with van der Waals surface area (Å²) in [6.45, 7) is 3.87. The first-order valence-corrected chi connectivity index (χ1v) is 15.8. The normalized spacial score (nSPS) is 33.1. The van der Waals surface area contributed by atoms with Gasteiger partial charge in [-0.3, -0.25) is 29.2 Å². The number of ether oxygens (including phenoxy) is 1. The summed E-state index contributed by atoms with van der Waals surface area (Å²) in [6, 6.07) is 7.83. The molecule has 4 aliphatic rings. The second-order valence-corrected chi connectivity index (χ2v) is 12.8. The van der Waals surface area contributed by atoms with Crippen molar-refractivity contribution < 1.29 is 29.0 Å². The van der Waals surface area contributed by atoms with Crippen LogP contribution in [-0.2, 0) is 23.9 Å². The molecule has 5 bridgehead atoms. The molecule has 1 saturated heterocycles. The second-order valence-electron chi connectivity index (χ2n) is 12.8. The van der Waals surface area contributed by atoms with Crippen LogP contribution in [0.15, 0.2) is 36.4 Å². The van der Waals surface area contributed by atoms with E-state index in [1.54, 1.807) is 6.92 Å². The van der Waals surface area contributed by atoms with Gasteiger partial charge in [-0.25, -0.2) is 5.43 Å². The van der Waals surface area contributed by atoms with Gasteiger partial charge >= 0.3 is 5.97 Å². The number of amides is 3. The van der Waals surface area contributed by atoms with Crippen LogP contribution in [0.3, 0.4) is 0 Å². The summed E-state index contributed by atoms with van der Waals surface area (Å²) in [5, 5.41) is 18.4. The minimum absolute atomic E-state index is 0.109. The van der Waals surface area contributed by atoms with E-state index in [1.807, 2.05) is 49.4 Å². The number of aliphatic hydroxyl groups excluding tert-OH is 1. The van der Waals surface area contributed by atoms with Crippen molar-refractivity contribution in [2.45, 2.75) is 95.5 Å². The number of aliphatic hydroxyl groups is 1. The number of carbonyl (C=O) groups excluding carboxylic acids is 4. The van der Waals surface area contributed by atoms with E-state index in [-0.39, 0.29) is 23.8 Å². The van der Waals surface area contributed by atoms with Crippen LogP contribution in [0.5, 0.6) is 0 Å². The summed E-state index contributed by atoms with van der Waals surface area (Å²) in [5.41, 5.74) is 4.34. The highest BCUT2D eigenvalue weighted by atomic mass is 16.6. The molecule has 1 aromatic heterocycles. The van der Waals surface area contributed by atoms with Crippen LogP contribution in [-0.4, -0.2) is 69.6 Å². The lowest BCUT2D eigenvalue weighted by molar-refractivity contribution is -0.167. The van der Waals surface area contributed by atoms with Crippen molar-refractivity contribution in [1.82, 2.24) is 26.1 Å². The number of cyclic esters (lactones) is 1. The number of aromatic nitrogens is 1. The van der Waals surface area contributed by atoms with Crippen molar-refractivity contribution in [2.24, 2.45) is 11.3 Å². The standard InChI is InChI=1S/C33H41N5O6/c1-19-25-10-9-22-6-5-21(18-27(22)36-25)11-14-33(15-12-24(39)13-16-33)32(43)44-28(23-7-8-23)30(41)35-20(2)31(42)38-17-3-4-26(37-38)29(40)34-19/h5-6,9-11,14,18-20,23-24,26,28,37,39H,3-4,7-8,12-13,15-17H2,1-2H3,(H,34,40)(H,35,41)/b14-11+/t19-,20+,24?,26+,28?,33?/m1/s1. The maximum Gasteiger partial charge on any atom is 0.316 e. The van der Waals surface area contributed by atoms with Crippen LogP contribution >= 0.6 is 0 Å². The Morgan fingerprint density at radius 3 is 2.41 bits per heavy atom. The minimum Gasteiger partial charge on any atom is -0.451 e. The molecule has 2 saturated carbocycles. The molecule has 4 N–H and O–H groups in total. The Balaban J connectivity index is 1.36. The average Bonchev–Trinajstić information content (AvgIpc) is 3.87. The summed E-state index contributed by atoms with van der Waals surface area (Å²) >= 11 is 0. The third-order valence-corrected chi connectivity index (χ3v) is 9.43. The lowest BCUT2D eigenvalue weighted by Crippen LogP contribution is -2.61. The molecule has 1 spiro atoms. The Kier molecular flexibility index (Phi) is 8.43. The number of hydrogen-bond acceptors (Lipinski definition) is 8. The molecular weight excluding hydrogens is 562 g/mol. The second kappa shape index (κ2) is 12.3. The molecule has 0 radical (unpaired) electrons. The van der Waals surface area contributed by atoms with Crippen molar-refractivity contribution in [3.05, 3.63) is 47.7 Å². The van der Waals surface area contributed by atoms with Crippen LogP contribution in [0.1, 0.15) is 82.5 Å². The number of benzene rings is 1. The Morgan fingerprint density at radius 2 is 1.66 bits per heavy atom. The number of hydrazine groups is 1. The molecule has 2 aliphatic carbocycles. The van der Waals surface area contributed by atoms with E-state index < -0.39 is 41.6 Å². The first kappa shape index (κ1) is 30.2.